The van der Waals surface area contributed by atoms with Crippen molar-refractivity contribution in [3.63, 3.8) is 0 Å². The van der Waals surface area contributed by atoms with Crippen molar-refractivity contribution in [3.05, 3.63) is 118 Å². The van der Waals surface area contributed by atoms with Crippen molar-refractivity contribution in [2.45, 2.75) is 13.1 Å². The summed E-state index contributed by atoms with van der Waals surface area (Å²) in [5.74, 6) is 0.635. The Bertz CT molecular complexity index is 1690. The number of carbonyl (C=O) groups is 1. The topological polar surface area (TPSA) is 118 Å². The average Bonchev–Trinajstić information content (AvgIpc) is 3.46. The van der Waals surface area contributed by atoms with Gasteiger partial charge in [0.2, 0.25) is 5.95 Å². The second kappa shape index (κ2) is 12.2. The van der Waals surface area contributed by atoms with Gasteiger partial charge >= 0.3 is 0 Å². The van der Waals surface area contributed by atoms with Gasteiger partial charge in [-0.3, -0.25) is 14.2 Å². The molecule has 5 rings (SSSR count). The summed E-state index contributed by atoms with van der Waals surface area (Å²) in [6.45, 7) is 1.33. The molecule has 0 radical (unpaired) electrons. The normalized spacial score (nSPS) is 11.4. The molecule has 1 amide bonds. The highest BCUT2D eigenvalue weighted by molar-refractivity contribution is 5.93. The van der Waals surface area contributed by atoms with E-state index in [0.717, 1.165) is 28.7 Å². The number of anilines is 2. The lowest BCUT2D eigenvalue weighted by Crippen LogP contribution is -2.33. The first-order chi connectivity index (χ1) is 19.4. The molecule has 0 bridgehead atoms. The number of nitrogens with zero attached hydrogens (tertiary/aromatic N) is 5. The summed E-state index contributed by atoms with van der Waals surface area (Å²) in [6, 6.07) is 17.5. The van der Waals surface area contributed by atoms with Gasteiger partial charge in [0, 0.05) is 36.6 Å². The monoisotopic (exact) mass is 535 g/mol. The molecule has 40 heavy (non-hydrogen) atoms. The summed E-state index contributed by atoms with van der Waals surface area (Å²) in [7, 11) is 4.09. The van der Waals surface area contributed by atoms with E-state index in [0.29, 0.717) is 11.7 Å². The van der Waals surface area contributed by atoms with E-state index in [1.807, 2.05) is 56.6 Å². The summed E-state index contributed by atoms with van der Waals surface area (Å²) in [5.41, 5.74) is 3.44. The minimum atomic E-state index is -0.491. The van der Waals surface area contributed by atoms with Gasteiger partial charge < -0.3 is 20.0 Å². The number of aromatic nitrogens is 4. The lowest BCUT2D eigenvalue weighted by Gasteiger charge is -2.11. The van der Waals surface area contributed by atoms with Crippen molar-refractivity contribution in [3.8, 4) is 0 Å². The maximum atomic E-state index is 12.7. The van der Waals surface area contributed by atoms with E-state index < -0.39 is 11.5 Å². The van der Waals surface area contributed by atoms with Gasteiger partial charge in [-0.05, 0) is 61.6 Å². The summed E-state index contributed by atoms with van der Waals surface area (Å²) in [5, 5.41) is 6.89. The number of benzene rings is 2. The first-order valence-corrected chi connectivity index (χ1v) is 12.7. The number of rotatable bonds is 10. The highest BCUT2D eigenvalue weighted by Crippen LogP contribution is 2.19. The Balaban J connectivity index is 1.18. The van der Waals surface area contributed by atoms with Crippen LogP contribution < -0.4 is 16.2 Å². The molecule has 202 valence electrons. The molecular weight excluding hydrogens is 506 g/mol. The molecule has 3 heterocycles. The summed E-state index contributed by atoms with van der Waals surface area (Å²) < 4.78 is 6.61. The standard InChI is InChI=1S/C30H29N7O3/c1-36(2)18-22-7-10-24(11-8-22)34-30-33-16-23-15-21(9-12-27(23)35-30)5-3-13-32-28(38)26-17-31-20-37(29(26)39)19-25-6-4-14-40-25/h3-12,14-17,20H,13,18-19H2,1-2H3,(H,32,38)(H,33,34,35)/b5-3+. The van der Waals surface area contributed by atoms with Crippen LogP contribution in [-0.2, 0) is 13.1 Å². The van der Waals surface area contributed by atoms with Gasteiger partial charge in [-0.1, -0.05) is 30.4 Å². The zero-order chi connectivity index (χ0) is 27.9. The van der Waals surface area contributed by atoms with Crippen LogP contribution in [0.3, 0.4) is 0 Å². The van der Waals surface area contributed by atoms with E-state index >= 15 is 0 Å². The number of hydrogen-bond acceptors (Lipinski definition) is 8. The van der Waals surface area contributed by atoms with Crippen LogP contribution in [0.1, 0.15) is 27.2 Å². The van der Waals surface area contributed by atoms with E-state index in [1.165, 1.54) is 28.9 Å². The molecule has 0 atom stereocenters. The van der Waals surface area contributed by atoms with E-state index in [4.69, 9.17) is 4.42 Å². The Morgan fingerprint density at radius 1 is 1.10 bits per heavy atom. The number of hydrogen-bond donors (Lipinski definition) is 2. The number of amides is 1. The fourth-order valence-electron chi connectivity index (χ4n) is 4.13. The average molecular weight is 536 g/mol. The van der Waals surface area contributed by atoms with Crippen LogP contribution in [0.5, 0.6) is 0 Å². The van der Waals surface area contributed by atoms with Crippen LogP contribution in [0, 0.1) is 0 Å². The van der Waals surface area contributed by atoms with Crippen LogP contribution in [0.2, 0.25) is 0 Å². The predicted molar refractivity (Wildman–Crippen MR) is 154 cm³/mol. The quantitative estimate of drug-likeness (QED) is 0.275. The number of carbonyl (C=O) groups excluding carboxylic acids is 1. The van der Waals surface area contributed by atoms with Crippen molar-refractivity contribution in [2.24, 2.45) is 0 Å². The third-order valence-electron chi connectivity index (χ3n) is 6.06. The molecule has 3 aromatic heterocycles. The zero-order valence-electron chi connectivity index (χ0n) is 22.2. The largest absolute Gasteiger partial charge is 0.467 e. The van der Waals surface area contributed by atoms with Gasteiger partial charge in [0.05, 0.1) is 24.7 Å². The SMILES string of the molecule is CN(C)Cc1ccc(Nc2ncc3cc(/C=C/CNC(=O)c4cncn(Cc5ccco5)c4=O)ccc3n2)cc1. The third kappa shape index (κ3) is 6.66. The Morgan fingerprint density at radius 2 is 1.95 bits per heavy atom. The fourth-order valence-corrected chi connectivity index (χ4v) is 4.13. The summed E-state index contributed by atoms with van der Waals surface area (Å²) >= 11 is 0. The first kappa shape index (κ1) is 26.5. The Labute approximate surface area is 231 Å². The molecule has 0 aliphatic rings. The molecule has 0 unspecified atom stereocenters. The summed E-state index contributed by atoms with van der Waals surface area (Å²) in [4.78, 5) is 40.5. The van der Waals surface area contributed by atoms with E-state index in [1.54, 1.807) is 18.3 Å². The molecule has 0 aliphatic carbocycles. The number of fused-ring (bicyclic) bond motifs is 1. The Morgan fingerprint density at radius 3 is 2.73 bits per heavy atom. The molecule has 2 aromatic carbocycles. The van der Waals surface area contributed by atoms with Gasteiger partial charge in [0.25, 0.3) is 11.5 Å². The van der Waals surface area contributed by atoms with Crippen LogP contribution in [0.15, 0.2) is 94.9 Å². The van der Waals surface area contributed by atoms with Crippen LogP contribution in [0.4, 0.5) is 11.6 Å². The second-order valence-corrected chi connectivity index (χ2v) is 9.50. The molecule has 10 heteroatoms. The highest BCUT2D eigenvalue weighted by Gasteiger charge is 2.13. The maximum absolute atomic E-state index is 12.7. The van der Waals surface area contributed by atoms with Crippen LogP contribution in [-0.4, -0.2) is 51.0 Å². The van der Waals surface area contributed by atoms with E-state index in [9.17, 15) is 9.59 Å². The molecule has 0 spiro atoms. The van der Waals surface area contributed by atoms with Crippen molar-refractivity contribution in [1.82, 2.24) is 29.7 Å². The van der Waals surface area contributed by atoms with Crippen LogP contribution in [0.25, 0.3) is 17.0 Å². The summed E-state index contributed by atoms with van der Waals surface area (Å²) in [6.07, 6.45) is 9.66. The van der Waals surface area contributed by atoms with E-state index in [2.05, 4.69) is 42.6 Å². The maximum Gasteiger partial charge on any atom is 0.266 e. The van der Waals surface area contributed by atoms with Gasteiger partial charge in [-0.15, -0.1) is 0 Å². The minimum Gasteiger partial charge on any atom is -0.467 e. The molecule has 0 aliphatic heterocycles. The van der Waals surface area contributed by atoms with Crippen LogP contribution >= 0.6 is 0 Å². The first-order valence-electron chi connectivity index (χ1n) is 12.7. The molecule has 0 saturated carbocycles. The van der Waals surface area contributed by atoms with Crippen molar-refractivity contribution in [1.29, 1.82) is 0 Å². The molecule has 10 nitrogen and oxygen atoms in total. The molecule has 2 N–H and O–H groups in total. The molecule has 5 aromatic rings. The third-order valence-corrected chi connectivity index (χ3v) is 6.06. The Hall–Kier alpha value is -5.09. The van der Waals surface area contributed by atoms with Crippen molar-refractivity contribution in [2.75, 3.05) is 26.0 Å². The highest BCUT2D eigenvalue weighted by atomic mass is 16.3. The minimum absolute atomic E-state index is 0.0285. The number of furan rings is 1. The van der Waals surface area contributed by atoms with Gasteiger partial charge in [0.15, 0.2) is 0 Å². The molecule has 0 fully saturated rings. The van der Waals surface area contributed by atoms with Gasteiger partial charge in [-0.25, -0.2) is 15.0 Å². The number of nitrogens with one attached hydrogen (secondary N) is 2. The fraction of sp³-hybridized carbons (Fsp3) is 0.167. The Kier molecular flexibility index (Phi) is 8.07. The van der Waals surface area contributed by atoms with E-state index in [-0.39, 0.29) is 18.7 Å². The molecule has 0 saturated heterocycles. The van der Waals surface area contributed by atoms with Gasteiger partial charge in [0.1, 0.15) is 11.3 Å². The molecular formula is C30H29N7O3. The lowest BCUT2D eigenvalue weighted by molar-refractivity contribution is 0.0955. The second-order valence-electron chi connectivity index (χ2n) is 9.50. The predicted octanol–water partition coefficient (Wildman–Crippen LogP) is 4.08. The zero-order valence-corrected chi connectivity index (χ0v) is 22.2. The smallest absolute Gasteiger partial charge is 0.266 e. The van der Waals surface area contributed by atoms with Crippen molar-refractivity contribution < 1.29 is 9.21 Å². The van der Waals surface area contributed by atoms with Gasteiger partial charge in [-0.2, -0.15) is 0 Å². The lowest BCUT2D eigenvalue weighted by atomic mass is 10.1. The van der Waals surface area contributed by atoms with Crippen molar-refractivity contribution >= 4 is 34.5 Å².